The van der Waals surface area contributed by atoms with Gasteiger partial charge in [-0.1, -0.05) is 38.5 Å². The van der Waals surface area contributed by atoms with Gasteiger partial charge in [-0.05, 0) is 48.6 Å². The SMILES string of the molecule is Nc1cnc2ccsc2c1NC1CCCCC1.O=[N+]([O-])c1cnc2ccsc2c1NC1CCCCC1. The number of aromatic nitrogens is 2. The molecule has 2 aliphatic rings. The number of pyridine rings is 2. The summed E-state index contributed by atoms with van der Waals surface area (Å²) in [5.41, 5.74) is 10.5. The normalized spacial score (nSPS) is 17.0. The lowest BCUT2D eigenvalue weighted by atomic mass is 9.95. The van der Waals surface area contributed by atoms with Crippen molar-refractivity contribution in [3.63, 3.8) is 0 Å². The predicted octanol–water partition coefficient (Wildman–Crippen LogP) is 7.57. The van der Waals surface area contributed by atoms with E-state index in [0.29, 0.717) is 17.8 Å². The summed E-state index contributed by atoms with van der Waals surface area (Å²) in [6, 6.07) is 4.88. The average molecular weight is 525 g/mol. The van der Waals surface area contributed by atoms with Gasteiger partial charge >= 0.3 is 5.69 Å². The zero-order valence-electron chi connectivity index (χ0n) is 20.2. The summed E-state index contributed by atoms with van der Waals surface area (Å²) in [6.07, 6.45) is 15.5. The summed E-state index contributed by atoms with van der Waals surface area (Å²) < 4.78 is 2.08. The van der Waals surface area contributed by atoms with Crippen LogP contribution in [0.25, 0.3) is 20.4 Å². The average Bonchev–Trinajstić information content (AvgIpc) is 3.57. The van der Waals surface area contributed by atoms with Crippen molar-refractivity contribution in [2.45, 2.75) is 76.3 Å². The first kappa shape index (κ1) is 24.7. The van der Waals surface area contributed by atoms with Gasteiger partial charge < -0.3 is 16.4 Å². The van der Waals surface area contributed by atoms with Crippen molar-refractivity contribution in [2.24, 2.45) is 0 Å². The minimum absolute atomic E-state index is 0.0838. The lowest BCUT2D eigenvalue weighted by molar-refractivity contribution is -0.384. The van der Waals surface area contributed by atoms with E-state index >= 15 is 0 Å². The molecule has 2 fully saturated rings. The first-order chi connectivity index (χ1) is 17.6. The smallest absolute Gasteiger partial charge is 0.311 e. The van der Waals surface area contributed by atoms with Gasteiger partial charge in [0, 0.05) is 12.1 Å². The van der Waals surface area contributed by atoms with Crippen molar-refractivity contribution >= 4 is 65.9 Å². The second-order valence-electron chi connectivity index (χ2n) is 9.59. The molecule has 0 unspecified atom stereocenters. The van der Waals surface area contributed by atoms with E-state index in [4.69, 9.17) is 5.73 Å². The van der Waals surface area contributed by atoms with Crippen LogP contribution in [0.1, 0.15) is 64.2 Å². The van der Waals surface area contributed by atoms with Crippen LogP contribution in [0.15, 0.2) is 35.3 Å². The molecule has 4 N–H and O–H groups in total. The quantitative estimate of drug-likeness (QED) is 0.182. The molecule has 4 heterocycles. The minimum atomic E-state index is -0.350. The Labute approximate surface area is 218 Å². The molecule has 0 saturated heterocycles. The Balaban J connectivity index is 0.000000149. The van der Waals surface area contributed by atoms with Crippen LogP contribution in [0.5, 0.6) is 0 Å². The van der Waals surface area contributed by atoms with Crippen LogP contribution in [-0.4, -0.2) is 27.0 Å². The van der Waals surface area contributed by atoms with E-state index in [1.807, 2.05) is 17.5 Å². The van der Waals surface area contributed by atoms with Crippen molar-refractivity contribution in [1.29, 1.82) is 0 Å². The van der Waals surface area contributed by atoms with Gasteiger partial charge in [-0.15, -0.1) is 22.7 Å². The number of nitrogens with zero attached hydrogens (tertiary/aromatic N) is 3. The Kier molecular flexibility index (Phi) is 7.81. The van der Waals surface area contributed by atoms with Crippen molar-refractivity contribution in [3.05, 3.63) is 45.4 Å². The predicted molar refractivity (Wildman–Crippen MR) is 151 cm³/mol. The highest BCUT2D eigenvalue weighted by molar-refractivity contribution is 7.18. The standard InChI is InChI=1S/C13H15N3O2S.C13H17N3S/c17-16(18)11-8-14-10-6-7-19-13(10)12(11)15-9-4-2-1-3-5-9;14-10-8-15-11-6-7-17-13(11)12(10)16-9-4-2-1-3-5-9/h6-9H,1-5H2,(H,14,15);6-9H,1-5,14H2,(H,15,16). The maximum atomic E-state index is 11.2. The number of hydrogen-bond donors (Lipinski definition) is 3. The first-order valence-corrected chi connectivity index (χ1v) is 14.5. The summed E-state index contributed by atoms with van der Waals surface area (Å²) in [4.78, 5) is 19.3. The fraction of sp³-hybridized carbons (Fsp3) is 0.462. The molecule has 4 aromatic heterocycles. The van der Waals surface area contributed by atoms with Gasteiger partial charge in [0.25, 0.3) is 0 Å². The molecule has 190 valence electrons. The largest absolute Gasteiger partial charge is 0.396 e. The number of nitrogens with one attached hydrogen (secondary N) is 2. The summed E-state index contributed by atoms with van der Waals surface area (Å²) in [5.74, 6) is 0. The Bertz CT molecular complexity index is 1320. The summed E-state index contributed by atoms with van der Waals surface area (Å²) in [7, 11) is 0. The summed E-state index contributed by atoms with van der Waals surface area (Å²) in [6.45, 7) is 0. The second kappa shape index (κ2) is 11.4. The molecule has 0 radical (unpaired) electrons. The zero-order valence-corrected chi connectivity index (χ0v) is 21.9. The van der Waals surface area contributed by atoms with Gasteiger partial charge in [-0.3, -0.25) is 15.1 Å². The number of fused-ring (bicyclic) bond motifs is 2. The maximum absolute atomic E-state index is 11.2. The maximum Gasteiger partial charge on any atom is 0.311 e. The highest BCUT2D eigenvalue weighted by atomic mass is 32.1. The molecule has 2 aliphatic carbocycles. The van der Waals surface area contributed by atoms with Crippen LogP contribution in [0.4, 0.5) is 22.7 Å². The second-order valence-corrected chi connectivity index (χ2v) is 11.4. The van der Waals surface area contributed by atoms with Crippen LogP contribution in [0.2, 0.25) is 0 Å². The monoisotopic (exact) mass is 524 g/mol. The van der Waals surface area contributed by atoms with E-state index < -0.39 is 0 Å². The van der Waals surface area contributed by atoms with Gasteiger partial charge in [-0.25, -0.2) is 4.98 Å². The van der Waals surface area contributed by atoms with Gasteiger partial charge in [0.2, 0.25) is 0 Å². The summed E-state index contributed by atoms with van der Waals surface area (Å²) in [5, 5.41) is 22.2. The molecule has 4 aromatic rings. The molecule has 6 rings (SSSR count). The Morgan fingerprint density at radius 2 is 1.31 bits per heavy atom. The van der Waals surface area contributed by atoms with E-state index in [0.717, 1.165) is 39.9 Å². The molecule has 8 nitrogen and oxygen atoms in total. The zero-order chi connectivity index (χ0) is 24.9. The van der Waals surface area contributed by atoms with Crippen LogP contribution in [0, 0.1) is 10.1 Å². The fourth-order valence-electron chi connectivity index (χ4n) is 5.16. The molecular weight excluding hydrogens is 492 g/mol. The third-order valence-electron chi connectivity index (χ3n) is 7.06. The molecule has 36 heavy (non-hydrogen) atoms. The van der Waals surface area contributed by atoms with E-state index in [2.05, 4.69) is 26.0 Å². The van der Waals surface area contributed by atoms with E-state index in [1.165, 1.54) is 73.6 Å². The molecule has 10 heteroatoms. The molecule has 0 atom stereocenters. The molecule has 0 spiro atoms. The van der Waals surface area contributed by atoms with Crippen LogP contribution in [-0.2, 0) is 0 Å². The fourth-order valence-corrected chi connectivity index (χ4v) is 6.88. The third-order valence-corrected chi connectivity index (χ3v) is 8.90. The highest BCUT2D eigenvalue weighted by Crippen LogP contribution is 2.37. The molecular formula is C26H32N6O2S2. The molecule has 0 bridgehead atoms. The topological polar surface area (TPSA) is 119 Å². The van der Waals surface area contributed by atoms with Crippen molar-refractivity contribution in [1.82, 2.24) is 9.97 Å². The first-order valence-electron chi connectivity index (χ1n) is 12.8. The summed E-state index contributed by atoms with van der Waals surface area (Å²) >= 11 is 3.22. The number of nitrogen functional groups attached to an aromatic ring is 1. The van der Waals surface area contributed by atoms with Gasteiger partial charge in [0.1, 0.15) is 11.9 Å². The number of thiophene rings is 2. The Hall–Kier alpha value is -2.98. The number of rotatable bonds is 5. The van der Waals surface area contributed by atoms with Crippen molar-refractivity contribution in [2.75, 3.05) is 16.4 Å². The van der Waals surface area contributed by atoms with Crippen molar-refractivity contribution < 1.29 is 4.92 Å². The Morgan fingerprint density at radius 3 is 1.86 bits per heavy atom. The van der Waals surface area contributed by atoms with E-state index in [1.54, 1.807) is 17.5 Å². The van der Waals surface area contributed by atoms with E-state index in [-0.39, 0.29) is 10.6 Å². The molecule has 0 aliphatic heterocycles. The molecule has 2 saturated carbocycles. The Morgan fingerprint density at radius 1 is 0.806 bits per heavy atom. The van der Waals surface area contributed by atoms with E-state index in [9.17, 15) is 10.1 Å². The number of nitro groups is 1. The number of anilines is 3. The van der Waals surface area contributed by atoms with Gasteiger partial charge in [-0.2, -0.15) is 0 Å². The molecule has 0 amide bonds. The van der Waals surface area contributed by atoms with Crippen LogP contribution < -0.4 is 16.4 Å². The number of hydrogen-bond acceptors (Lipinski definition) is 9. The van der Waals surface area contributed by atoms with Gasteiger partial charge in [0.15, 0.2) is 0 Å². The van der Waals surface area contributed by atoms with Gasteiger partial charge in [0.05, 0.1) is 42.9 Å². The van der Waals surface area contributed by atoms with Crippen LogP contribution in [0.3, 0.4) is 0 Å². The van der Waals surface area contributed by atoms with Crippen LogP contribution >= 0.6 is 22.7 Å². The van der Waals surface area contributed by atoms with Crippen molar-refractivity contribution in [3.8, 4) is 0 Å². The molecule has 0 aromatic carbocycles. The minimum Gasteiger partial charge on any atom is -0.396 e. The lowest BCUT2D eigenvalue weighted by Crippen LogP contribution is -2.22. The third kappa shape index (κ3) is 5.54. The highest BCUT2D eigenvalue weighted by Gasteiger charge is 2.23. The number of nitrogens with two attached hydrogens (primary N) is 1. The lowest BCUT2D eigenvalue weighted by Gasteiger charge is -2.24.